The molecular formula is C30H42BrN3O9S. The zero-order chi connectivity index (χ0) is 32.4. The Bertz CT molecular complexity index is 1360. The third kappa shape index (κ3) is 7.56. The summed E-state index contributed by atoms with van der Waals surface area (Å²) in [5, 5.41) is 5.50. The molecule has 3 fully saturated rings. The first-order valence-electron chi connectivity index (χ1n) is 15.0. The van der Waals surface area contributed by atoms with Gasteiger partial charge in [0.15, 0.2) is 0 Å². The van der Waals surface area contributed by atoms with Crippen molar-refractivity contribution in [3.05, 3.63) is 28.7 Å². The van der Waals surface area contributed by atoms with E-state index in [1.807, 2.05) is 6.92 Å². The SMILES string of the molecule is CC[C@@H]1C[C@]1(NC(=O)[C@@H]1C[C@H](OS(=O)(=O)c2ccc(Br)cc2)CN1C(=O)[C@@H](NC(=O)OC1CCCC1)C(C)(C)C)C(=O)OC. The summed E-state index contributed by atoms with van der Waals surface area (Å²) in [5.74, 6) is -1.94. The number of carbonyl (C=O) groups excluding carboxylic acids is 4. The predicted molar refractivity (Wildman–Crippen MR) is 163 cm³/mol. The van der Waals surface area contributed by atoms with Gasteiger partial charge < -0.3 is 25.0 Å². The fourth-order valence-corrected chi connectivity index (χ4v) is 7.42. The molecule has 0 spiro atoms. The fourth-order valence-electron chi connectivity index (χ4n) is 6.08. The smallest absolute Gasteiger partial charge is 0.408 e. The zero-order valence-corrected chi connectivity index (χ0v) is 28.2. The summed E-state index contributed by atoms with van der Waals surface area (Å²) < 4.78 is 43.0. The molecule has 244 valence electrons. The molecule has 2 N–H and O–H groups in total. The molecule has 3 aliphatic rings. The number of alkyl carbamates (subject to hydrolysis) is 1. The maximum absolute atomic E-state index is 14.2. The molecule has 1 aromatic rings. The third-order valence-electron chi connectivity index (χ3n) is 8.66. The topological polar surface area (TPSA) is 157 Å². The molecular weight excluding hydrogens is 658 g/mol. The number of hydrogen-bond acceptors (Lipinski definition) is 9. The number of halogens is 1. The summed E-state index contributed by atoms with van der Waals surface area (Å²) in [6, 6.07) is 3.61. The highest BCUT2D eigenvalue weighted by molar-refractivity contribution is 9.10. The molecule has 2 saturated carbocycles. The monoisotopic (exact) mass is 699 g/mol. The Morgan fingerprint density at radius 3 is 2.27 bits per heavy atom. The van der Waals surface area contributed by atoms with E-state index in [4.69, 9.17) is 13.7 Å². The minimum absolute atomic E-state index is 0.0798. The molecule has 14 heteroatoms. The number of esters is 1. The van der Waals surface area contributed by atoms with Crippen molar-refractivity contribution < 1.29 is 41.3 Å². The van der Waals surface area contributed by atoms with Gasteiger partial charge in [0.1, 0.15) is 23.7 Å². The molecule has 44 heavy (non-hydrogen) atoms. The number of hydrogen-bond donors (Lipinski definition) is 2. The lowest BCUT2D eigenvalue weighted by Gasteiger charge is -2.35. The maximum Gasteiger partial charge on any atom is 0.408 e. The summed E-state index contributed by atoms with van der Waals surface area (Å²) >= 11 is 3.28. The Morgan fingerprint density at radius 1 is 1.09 bits per heavy atom. The van der Waals surface area contributed by atoms with Crippen LogP contribution in [0.3, 0.4) is 0 Å². The van der Waals surface area contributed by atoms with Crippen LogP contribution in [-0.2, 0) is 38.2 Å². The zero-order valence-electron chi connectivity index (χ0n) is 25.8. The van der Waals surface area contributed by atoms with Crippen molar-refractivity contribution in [1.82, 2.24) is 15.5 Å². The van der Waals surface area contributed by atoms with Gasteiger partial charge in [-0.25, -0.2) is 9.59 Å². The number of amides is 3. The van der Waals surface area contributed by atoms with Crippen molar-refractivity contribution in [2.75, 3.05) is 13.7 Å². The number of nitrogens with zero attached hydrogens (tertiary/aromatic N) is 1. The first-order valence-corrected chi connectivity index (χ1v) is 17.2. The summed E-state index contributed by atoms with van der Waals surface area (Å²) in [4.78, 5) is 54.7. The molecule has 5 atom stereocenters. The van der Waals surface area contributed by atoms with E-state index in [0.29, 0.717) is 17.3 Å². The van der Waals surface area contributed by atoms with Crippen LogP contribution >= 0.6 is 15.9 Å². The van der Waals surface area contributed by atoms with Gasteiger partial charge in [-0.1, -0.05) is 50.0 Å². The first-order chi connectivity index (χ1) is 20.6. The number of ether oxygens (including phenoxy) is 2. The van der Waals surface area contributed by atoms with Crippen molar-refractivity contribution in [3.8, 4) is 0 Å². The molecule has 12 nitrogen and oxygen atoms in total. The van der Waals surface area contributed by atoms with Crippen LogP contribution in [0.25, 0.3) is 0 Å². The molecule has 1 heterocycles. The van der Waals surface area contributed by atoms with E-state index in [1.165, 1.54) is 24.1 Å². The van der Waals surface area contributed by atoms with Crippen LogP contribution in [0.15, 0.2) is 33.6 Å². The van der Waals surface area contributed by atoms with Gasteiger partial charge in [0, 0.05) is 17.4 Å². The van der Waals surface area contributed by atoms with E-state index >= 15 is 0 Å². The van der Waals surface area contributed by atoms with E-state index < -0.39 is 63.1 Å². The lowest BCUT2D eigenvalue weighted by atomic mass is 9.85. The number of carbonyl (C=O) groups is 4. The standard InChI is InChI=1S/C30H42BrN3O9S/c1-6-18-16-30(18,27(37)41-5)33-25(35)23-15-21(43-44(39,40)22-13-11-19(31)12-14-22)17-34(23)26(36)24(29(2,3)4)32-28(38)42-20-9-7-8-10-20/h11-14,18,20-21,23-24H,6-10,15-17H2,1-5H3,(H,32,38)(H,33,35)/t18-,21+,23+,24-,30-/m1/s1. The number of benzene rings is 1. The van der Waals surface area contributed by atoms with E-state index in [2.05, 4.69) is 26.6 Å². The van der Waals surface area contributed by atoms with Crippen molar-refractivity contribution in [3.63, 3.8) is 0 Å². The molecule has 4 rings (SSSR count). The number of methoxy groups -OCH3 is 1. The highest BCUT2D eigenvalue weighted by Crippen LogP contribution is 2.47. The van der Waals surface area contributed by atoms with E-state index in [0.717, 1.165) is 25.7 Å². The molecule has 3 amide bonds. The first kappa shape index (κ1) is 34.2. The predicted octanol–water partition coefficient (Wildman–Crippen LogP) is 3.67. The molecule has 0 unspecified atom stereocenters. The second-order valence-corrected chi connectivity index (χ2v) is 15.4. The fraction of sp³-hybridized carbons (Fsp3) is 0.667. The van der Waals surface area contributed by atoms with Crippen LogP contribution in [0.4, 0.5) is 4.79 Å². The van der Waals surface area contributed by atoms with Gasteiger partial charge in [0.25, 0.3) is 10.1 Å². The average Bonchev–Trinajstić information content (AvgIpc) is 3.24. The number of nitrogens with one attached hydrogen (secondary N) is 2. The van der Waals surface area contributed by atoms with Crippen LogP contribution in [0, 0.1) is 11.3 Å². The van der Waals surface area contributed by atoms with Crippen molar-refractivity contribution in [1.29, 1.82) is 0 Å². The van der Waals surface area contributed by atoms with Crippen molar-refractivity contribution in [2.45, 2.75) is 107 Å². The highest BCUT2D eigenvalue weighted by atomic mass is 79.9. The van der Waals surface area contributed by atoms with Crippen LogP contribution in [0.2, 0.25) is 0 Å². The molecule has 1 aliphatic heterocycles. The second kappa shape index (κ2) is 13.3. The van der Waals surface area contributed by atoms with Crippen LogP contribution in [0.5, 0.6) is 0 Å². The summed E-state index contributed by atoms with van der Waals surface area (Å²) in [6.45, 7) is 6.97. The largest absolute Gasteiger partial charge is 0.467 e. The summed E-state index contributed by atoms with van der Waals surface area (Å²) in [7, 11) is -3.00. The molecule has 2 aliphatic carbocycles. The summed E-state index contributed by atoms with van der Waals surface area (Å²) in [6.07, 6.45) is 2.27. The minimum atomic E-state index is -4.25. The number of likely N-dealkylation sites (tertiary alicyclic amines) is 1. The Balaban J connectivity index is 1.59. The lowest BCUT2D eigenvalue weighted by Crippen LogP contribution is -2.59. The van der Waals surface area contributed by atoms with Gasteiger partial charge in [-0.2, -0.15) is 8.42 Å². The van der Waals surface area contributed by atoms with Crippen molar-refractivity contribution in [2.24, 2.45) is 11.3 Å². The Labute approximate surface area is 267 Å². The molecule has 0 radical (unpaired) electrons. The molecule has 0 aromatic heterocycles. The van der Waals surface area contributed by atoms with Crippen LogP contribution in [0.1, 0.15) is 72.6 Å². The normalized spacial score (nSPS) is 26.1. The number of rotatable bonds is 10. The van der Waals surface area contributed by atoms with Crippen LogP contribution in [-0.4, -0.2) is 80.7 Å². The third-order valence-corrected chi connectivity index (χ3v) is 10.6. The van der Waals surface area contributed by atoms with Gasteiger partial charge in [0.2, 0.25) is 11.8 Å². The quantitative estimate of drug-likeness (QED) is 0.275. The summed E-state index contributed by atoms with van der Waals surface area (Å²) in [5.41, 5.74) is -2.02. The molecule has 1 aromatic carbocycles. The Kier molecular flexibility index (Phi) is 10.4. The van der Waals surface area contributed by atoms with E-state index in [1.54, 1.807) is 32.9 Å². The van der Waals surface area contributed by atoms with Gasteiger partial charge in [0.05, 0.1) is 18.1 Å². The highest BCUT2D eigenvalue weighted by Gasteiger charge is 2.62. The van der Waals surface area contributed by atoms with E-state index in [-0.39, 0.29) is 29.9 Å². The van der Waals surface area contributed by atoms with Gasteiger partial charge in [-0.3, -0.25) is 13.8 Å². The average molecular weight is 701 g/mol. The maximum atomic E-state index is 14.2. The van der Waals surface area contributed by atoms with E-state index in [9.17, 15) is 27.6 Å². The Morgan fingerprint density at radius 2 is 1.73 bits per heavy atom. The minimum Gasteiger partial charge on any atom is -0.467 e. The van der Waals surface area contributed by atoms with Crippen molar-refractivity contribution >= 4 is 49.9 Å². The van der Waals surface area contributed by atoms with Gasteiger partial charge in [-0.05, 0) is 67.7 Å². The lowest BCUT2D eigenvalue weighted by molar-refractivity contribution is -0.148. The Hall–Kier alpha value is -2.71. The second-order valence-electron chi connectivity index (χ2n) is 12.9. The molecule has 1 saturated heterocycles. The van der Waals surface area contributed by atoms with Gasteiger partial charge in [-0.15, -0.1) is 0 Å². The molecule has 0 bridgehead atoms. The van der Waals surface area contributed by atoms with Gasteiger partial charge >= 0.3 is 12.1 Å². The van der Waals surface area contributed by atoms with Crippen LogP contribution < -0.4 is 10.6 Å².